The number of amides is 1. The number of hydrogen-bond acceptors (Lipinski definition) is 4. The quantitative estimate of drug-likeness (QED) is 0.705. The Morgan fingerprint density at radius 3 is 2.56 bits per heavy atom. The van der Waals surface area contributed by atoms with Gasteiger partial charge < -0.3 is 9.47 Å². The third kappa shape index (κ3) is 3.56. The topological polar surface area (TPSA) is 51.0 Å². The van der Waals surface area contributed by atoms with Crippen LogP contribution in [-0.4, -0.2) is 33.0 Å². The van der Waals surface area contributed by atoms with E-state index in [1.807, 2.05) is 6.92 Å². The van der Waals surface area contributed by atoms with Crippen molar-refractivity contribution < 1.29 is 9.18 Å². The monoisotopic (exact) mass is 360 g/mol. The standard InChI is InChI=1S/C18H21FN4OS/c1-2-22(14-7-5-13(19)6-8-14)16(24)11-25-18-21-20-17(12-3-4-12)23(18)15-9-10-15/h5-8,12,15H,2-4,9-11H2,1H3. The molecule has 1 heterocycles. The highest BCUT2D eigenvalue weighted by atomic mass is 32.2. The van der Waals surface area contributed by atoms with Crippen molar-refractivity contribution in [3.05, 3.63) is 35.9 Å². The van der Waals surface area contributed by atoms with Crippen molar-refractivity contribution in [1.29, 1.82) is 0 Å². The van der Waals surface area contributed by atoms with Gasteiger partial charge in [0.15, 0.2) is 5.16 Å². The molecule has 25 heavy (non-hydrogen) atoms. The van der Waals surface area contributed by atoms with Crippen molar-refractivity contribution in [1.82, 2.24) is 14.8 Å². The predicted molar refractivity (Wildman–Crippen MR) is 95.4 cm³/mol. The summed E-state index contributed by atoms with van der Waals surface area (Å²) >= 11 is 1.46. The molecule has 0 unspecified atom stereocenters. The van der Waals surface area contributed by atoms with Gasteiger partial charge in [-0.25, -0.2) is 4.39 Å². The average Bonchev–Trinajstić information content (AvgIpc) is 3.54. The molecule has 0 atom stereocenters. The first-order chi connectivity index (χ1) is 12.2. The Balaban J connectivity index is 1.45. The average molecular weight is 360 g/mol. The predicted octanol–water partition coefficient (Wildman–Crippen LogP) is 3.77. The van der Waals surface area contributed by atoms with E-state index in [4.69, 9.17) is 0 Å². The molecule has 0 radical (unpaired) electrons. The molecule has 2 aliphatic rings. The lowest BCUT2D eigenvalue weighted by molar-refractivity contribution is -0.116. The summed E-state index contributed by atoms with van der Waals surface area (Å²) < 4.78 is 15.4. The zero-order valence-corrected chi connectivity index (χ0v) is 15.0. The molecule has 0 aliphatic heterocycles. The maximum Gasteiger partial charge on any atom is 0.237 e. The SMILES string of the molecule is CCN(C(=O)CSc1nnc(C2CC2)n1C1CC1)c1ccc(F)cc1. The third-order valence-electron chi connectivity index (χ3n) is 4.63. The minimum atomic E-state index is -0.299. The number of rotatable bonds is 7. The second kappa shape index (κ2) is 6.78. The zero-order chi connectivity index (χ0) is 17.4. The highest BCUT2D eigenvalue weighted by Crippen LogP contribution is 2.46. The Bertz CT molecular complexity index is 768. The maximum absolute atomic E-state index is 13.1. The molecule has 132 valence electrons. The summed E-state index contributed by atoms with van der Waals surface area (Å²) in [6.07, 6.45) is 4.75. The van der Waals surface area contributed by atoms with E-state index >= 15 is 0 Å². The smallest absolute Gasteiger partial charge is 0.237 e. The minimum Gasteiger partial charge on any atom is -0.312 e. The fourth-order valence-corrected chi connectivity index (χ4v) is 3.90. The molecule has 7 heteroatoms. The first-order valence-corrected chi connectivity index (χ1v) is 9.79. The number of thioether (sulfide) groups is 1. The Morgan fingerprint density at radius 2 is 1.96 bits per heavy atom. The molecular weight excluding hydrogens is 339 g/mol. The summed E-state index contributed by atoms with van der Waals surface area (Å²) in [5, 5.41) is 9.57. The molecule has 0 spiro atoms. The molecule has 2 saturated carbocycles. The largest absolute Gasteiger partial charge is 0.312 e. The van der Waals surface area contributed by atoms with E-state index in [9.17, 15) is 9.18 Å². The van der Waals surface area contributed by atoms with Crippen LogP contribution in [0, 0.1) is 5.82 Å². The number of aromatic nitrogens is 3. The summed E-state index contributed by atoms with van der Waals surface area (Å²) in [6, 6.07) is 6.55. The molecule has 0 N–H and O–H groups in total. The number of halogens is 1. The van der Waals surface area contributed by atoms with E-state index in [2.05, 4.69) is 14.8 Å². The molecule has 4 rings (SSSR count). The van der Waals surface area contributed by atoms with Crippen molar-refractivity contribution in [2.24, 2.45) is 0 Å². The number of benzene rings is 1. The lowest BCUT2D eigenvalue weighted by atomic mass is 10.3. The van der Waals surface area contributed by atoms with Crippen LogP contribution in [0.5, 0.6) is 0 Å². The van der Waals surface area contributed by atoms with Gasteiger partial charge in [-0.05, 0) is 56.9 Å². The zero-order valence-electron chi connectivity index (χ0n) is 14.2. The summed E-state index contributed by atoms with van der Waals surface area (Å²) in [7, 11) is 0. The second-order valence-electron chi connectivity index (χ2n) is 6.62. The van der Waals surface area contributed by atoms with Gasteiger partial charge in [0, 0.05) is 24.2 Å². The van der Waals surface area contributed by atoms with Gasteiger partial charge in [-0.1, -0.05) is 11.8 Å². The van der Waals surface area contributed by atoms with Crippen molar-refractivity contribution in [3.8, 4) is 0 Å². The van der Waals surface area contributed by atoms with Crippen LogP contribution in [-0.2, 0) is 4.79 Å². The van der Waals surface area contributed by atoms with Gasteiger partial charge in [-0.2, -0.15) is 0 Å². The molecule has 1 aromatic heterocycles. The molecule has 5 nitrogen and oxygen atoms in total. The van der Waals surface area contributed by atoms with E-state index in [0.29, 0.717) is 24.3 Å². The molecule has 1 aromatic carbocycles. The van der Waals surface area contributed by atoms with Crippen LogP contribution < -0.4 is 4.90 Å². The van der Waals surface area contributed by atoms with Crippen LogP contribution in [0.1, 0.15) is 50.4 Å². The van der Waals surface area contributed by atoms with Crippen LogP contribution in [0.2, 0.25) is 0 Å². The summed E-state index contributed by atoms with van der Waals surface area (Å²) in [6.45, 7) is 2.47. The minimum absolute atomic E-state index is 0.00238. The van der Waals surface area contributed by atoms with Crippen LogP contribution >= 0.6 is 11.8 Å². The van der Waals surface area contributed by atoms with Gasteiger partial charge in [-0.15, -0.1) is 10.2 Å². The number of carbonyl (C=O) groups is 1. The van der Waals surface area contributed by atoms with E-state index in [-0.39, 0.29) is 11.7 Å². The molecule has 0 bridgehead atoms. The summed E-state index contributed by atoms with van der Waals surface area (Å²) in [5.74, 6) is 1.66. The maximum atomic E-state index is 13.1. The van der Waals surface area contributed by atoms with Crippen LogP contribution in [0.15, 0.2) is 29.4 Å². The molecular formula is C18H21FN4OS. The number of carbonyl (C=O) groups excluding carboxylic acids is 1. The summed E-state index contributed by atoms with van der Waals surface area (Å²) in [4.78, 5) is 14.3. The van der Waals surface area contributed by atoms with Gasteiger partial charge >= 0.3 is 0 Å². The fourth-order valence-electron chi connectivity index (χ4n) is 3.01. The van der Waals surface area contributed by atoms with Crippen molar-refractivity contribution in [2.75, 3.05) is 17.2 Å². The number of anilines is 1. The highest BCUT2D eigenvalue weighted by Gasteiger charge is 2.36. The van der Waals surface area contributed by atoms with Gasteiger partial charge in [0.1, 0.15) is 11.6 Å². The molecule has 2 aliphatic carbocycles. The Kier molecular flexibility index (Phi) is 4.50. The van der Waals surface area contributed by atoms with Crippen molar-refractivity contribution in [3.63, 3.8) is 0 Å². The van der Waals surface area contributed by atoms with E-state index < -0.39 is 0 Å². The van der Waals surface area contributed by atoms with E-state index in [1.165, 1.54) is 49.6 Å². The fraction of sp³-hybridized carbons (Fsp3) is 0.500. The van der Waals surface area contributed by atoms with Crippen LogP contribution in [0.4, 0.5) is 10.1 Å². The first-order valence-electron chi connectivity index (χ1n) is 8.81. The number of nitrogens with zero attached hydrogens (tertiary/aromatic N) is 4. The van der Waals surface area contributed by atoms with E-state index in [1.54, 1.807) is 17.0 Å². The molecule has 0 saturated heterocycles. The van der Waals surface area contributed by atoms with Gasteiger partial charge in [0.25, 0.3) is 0 Å². The van der Waals surface area contributed by atoms with E-state index in [0.717, 1.165) is 16.7 Å². The van der Waals surface area contributed by atoms with Crippen molar-refractivity contribution in [2.45, 2.75) is 49.7 Å². The first kappa shape index (κ1) is 16.6. The Labute approximate surface area is 150 Å². The van der Waals surface area contributed by atoms with Crippen LogP contribution in [0.25, 0.3) is 0 Å². The highest BCUT2D eigenvalue weighted by molar-refractivity contribution is 7.99. The van der Waals surface area contributed by atoms with Gasteiger partial charge in [-0.3, -0.25) is 4.79 Å². The summed E-state index contributed by atoms with van der Waals surface area (Å²) in [5.41, 5.74) is 0.719. The lowest BCUT2D eigenvalue weighted by Gasteiger charge is -2.20. The molecule has 2 fully saturated rings. The van der Waals surface area contributed by atoms with Crippen molar-refractivity contribution >= 4 is 23.4 Å². The lowest BCUT2D eigenvalue weighted by Crippen LogP contribution is -2.32. The second-order valence-corrected chi connectivity index (χ2v) is 7.56. The molecule has 1 amide bonds. The van der Waals surface area contributed by atoms with Crippen LogP contribution in [0.3, 0.4) is 0 Å². The van der Waals surface area contributed by atoms with Gasteiger partial charge in [0.2, 0.25) is 5.91 Å². The Hall–Kier alpha value is -1.89. The Morgan fingerprint density at radius 1 is 1.24 bits per heavy atom. The number of hydrogen-bond donors (Lipinski definition) is 0. The molecule has 2 aromatic rings. The van der Waals surface area contributed by atoms with Gasteiger partial charge in [0.05, 0.1) is 5.75 Å². The third-order valence-corrected chi connectivity index (χ3v) is 5.55. The normalized spacial score (nSPS) is 16.9.